The van der Waals surface area contributed by atoms with Gasteiger partial charge >= 0.3 is 0 Å². The van der Waals surface area contributed by atoms with Gasteiger partial charge in [0.15, 0.2) is 0 Å². The third-order valence-electron chi connectivity index (χ3n) is 3.86. The third kappa shape index (κ3) is 3.77. The van der Waals surface area contributed by atoms with Crippen molar-refractivity contribution in [1.29, 1.82) is 0 Å². The van der Waals surface area contributed by atoms with E-state index in [-0.39, 0.29) is 36.0 Å². The van der Waals surface area contributed by atoms with Crippen LogP contribution >= 0.6 is 0 Å². The molecule has 0 atom stereocenters. The van der Waals surface area contributed by atoms with Crippen molar-refractivity contribution in [1.82, 2.24) is 5.32 Å². The lowest BCUT2D eigenvalue weighted by Gasteiger charge is -2.27. The summed E-state index contributed by atoms with van der Waals surface area (Å²) in [6, 6.07) is 6.01. The van der Waals surface area contributed by atoms with Gasteiger partial charge in [-0.3, -0.25) is 14.9 Å². The monoisotopic (exact) mass is 293 g/mol. The topological polar surface area (TPSA) is 104 Å². The lowest BCUT2D eigenvalue weighted by atomic mass is 9.99. The number of carbonyl (C=O) groups is 1. The summed E-state index contributed by atoms with van der Waals surface area (Å²) in [4.78, 5) is 22.3. The quantitative estimate of drug-likeness (QED) is 0.543. The minimum atomic E-state index is -0.533. The summed E-state index contributed by atoms with van der Waals surface area (Å²) >= 11 is 0. The van der Waals surface area contributed by atoms with Crippen LogP contribution in [-0.2, 0) is 4.79 Å². The van der Waals surface area contributed by atoms with Gasteiger partial charge in [-0.15, -0.1) is 0 Å². The van der Waals surface area contributed by atoms with Crippen molar-refractivity contribution in [3.05, 3.63) is 34.4 Å². The van der Waals surface area contributed by atoms with E-state index >= 15 is 0 Å². The highest BCUT2D eigenvalue weighted by Crippen LogP contribution is 2.29. The summed E-state index contributed by atoms with van der Waals surface area (Å²) in [7, 11) is 0. The van der Waals surface area contributed by atoms with Gasteiger partial charge in [0.05, 0.1) is 18.1 Å². The van der Waals surface area contributed by atoms with Gasteiger partial charge < -0.3 is 15.7 Å². The minimum Gasteiger partial charge on any atom is -0.394 e. The SMILES string of the molecule is O=C(CNC1(CO)CCCC1)Nc1ccccc1[N+](=O)[O-]. The molecule has 7 heteroatoms. The van der Waals surface area contributed by atoms with Gasteiger partial charge in [0, 0.05) is 11.6 Å². The number of carbonyl (C=O) groups excluding carboxylic acids is 1. The fourth-order valence-electron chi connectivity index (χ4n) is 2.64. The number of benzene rings is 1. The molecule has 0 saturated heterocycles. The zero-order valence-corrected chi connectivity index (χ0v) is 11.7. The maximum Gasteiger partial charge on any atom is 0.292 e. The first kappa shape index (κ1) is 15.4. The number of aliphatic hydroxyl groups is 1. The van der Waals surface area contributed by atoms with Crippen molar-refractivity contribution in [2.75, 3.05) is 18.5 Å². The second-order valence-corrected chi connectivity index (χ2v) is 5.32. The van der Waals surface area contributed by atoms with Crippen LogP contribution < -0.4 is 10.6 Å². The number of rotatable bonds is 6. The molecule has 0 radical (unpaired) electrons. The summed E-state index contributed by atoms with van der Waals surface area (Å²) in [5.74, 6) is -0.357. The number of hydrogen-bond acceptors (Lipinski definition) is 5. The maximum absolute atomic E-state index is 11.9. The van der Waals surface area contributed by atoms with Gasteiger partial charge in [0.25, 0.3) is 5.69 Å². The van der Waals surface area contributed by atoms with Gasteiger partial charge in [0.2, 0.25) is 5.91 Å². The predicted molar refractivity (Wildman–Crippen MR) is 78.0 cm³/mol. The van der Waals surface area contributed by atoms with Crippen LogP contribution in [0.25, 0.3) is 0 Å². The van der Waals surface area contributed by atoms with Crippen LogP contribution in [-0.4, -0.2) is 34.6 Å². The highest BCUT2D eigenvalue weighted by Gasteiger charge is 2.33. The van der Waals surface area contributed by atoms with Crippen molar-refractivity contribution in [2.45, 2.75) is 31.2 Å². The van der Waals surface area contributed by atoms with Crippen molar-refractivity contribution in [2.24, 2.45) is 0 Å². The molecule has 2 rings (SSSR count). The molecule has 1 saturated carbocycles. The summed E-state index contributed by atoms with van der Waals surface area (Å²) < 4.78 is 0. The predicted octanol–water partition coefficient (Wildman–Crippen LogP) is 1.43. The average Bonchev–Trinajstić information content (AvgIpc) is 2.95. The first-order chi connectivity index (χ1) is 10.1. The Bertz CT molecular complexity index is 527. The van der Waals surface area contributed by atoms with Crippen LogP contribution in [0.2, 0.25) is 0 Å². The van der Waals surface area contributed by atoms with Crippen molar-refractivity contribution in [3.8, 4) is 0 Å². The Balaban J connectivity index is 1.95. The number of nitro benzene ring substituents is 1. The third-order valence-corrected chi connectivity index (χ3v) is 3.86. The van der Waals surface area contributed by atoms with Crippen LogP contribution in [0, 0.1) is 10.1 Å². The standard InChI is InChI=1S/C14H19N3O4/c18-10-14(7-3-4-8-14)15-9-13(19)16-11-5-1-2-6-12(11)17(20)21/h1-2,5-6,15,18H,3-4,7-10H2,(H,16,19). The highest BCUT2D eigenvalue weighted by molar-refractivity contribution is 5.94. The number of aliphatic hydroxyl groups excluding tert-OH is 1. The van der Waals surface area contributed by atoms with Crippen LogP contribution in [0.4, 0.5) is 11.4 Å². The average molecular weight is 293 g/mol. The Hall–Kier alpha value is -1.99. The van der Waals surface area contributed by atoms with E-state index < -0.39 is 4.92 Å². The van der Waals surface area contributed by atoms with Gasteiger partial charge in [-0.2, -0.15) is 0 Å². The largest absolute Gasteiger partial charge is 0.394 e. The zero-order chi connectivity index (χ0) is 15.3. The molecule has 1 amide bonds. The number of para-hydroxylation sites is 2. The molecule has 0 aliphatic heterocycles. The second kappa shape index (κ2) is 6.64. The zero-order valence-electron chi connectivity index (χ0n) is 11.7. The number of anilines is 1. The van der Waals surface area contributed by atoms with Crippen molar-refractivity contribution in [3.63, 3.8) is 0 Å². The molecule has 1 aromatic carbocycles. The molecule has 1 fully saturated rings. The Morgan fingerprint density at radius 3 is 2.62 bits per heavy atom. The van der Waals surface area contributed by atoms with E-state index in [1.807, 2.05) is 0 Å². The molecular formula is C14H19N3O4. The van der Waals surface area contributed by atoms with Gasteiger partial charge in [-0.05, 0) is 18.9 Å². The summed E-state index contributed by atoms with van der Waals surface area (Å²) in [5, 5.41) is 25.9. The number of hydrogen-bond donors (Lipinski definition) is 3. The molecule has 1 aliphatic carbocycles. The molecule has 114 valence electrons. The summed E-state index contributed by atoms with van der Waals surface area (Å²) in [6.07, 6.45) is 3.73. The Labute approximate surface area is 122 Å². The van der Waals surface area contributed by atoms with Crippen LogP contribution in [0.1, 0.15) is 25.7 Å². The lowest BCUT2D eigenvalue weighted by molar-refractivity contribution is -0.383. The Morgan fingerprint density at radius 1 is 1.33 bits per heavy atom. The van der Waals surface area contributed by atoms with Crippen molar-refractivity contribution >= 4 is 17.3 Å². The highest BCUT2D eigenvalue weighted by atomic mass is 16.6. The smallest absolute Gasteiger partial charge is 0.292 e. The van der Waals surface area contributed by atoms with E-state index in [2.05, 4.69) is 10.6 Å². The molecule has 1 aromatic rings. The fraction of sp³-hybridized carbons (Fsp3) is 0.500. The fourth-order valence-corrected chi connectivity index (χ4v) is 2.64. The van der Waals surface area contributed by atoms with Crippen LogP contribution in [0.15, 0.2) is 24.3 Å². The molecule has 0 heterocycles. The molecule has 7 nitrogen and oxygen atoms in total. The molecule has 3 N–H and O–H groups in total. The maximum atomic E-state index is 11.9. The van der Waals surface area contributed by atoms with Gasteiger partial charge in [0.1, 0.15) is 5.69 Å². The molecule has 1 aliphatic rings. The van der Waals surface area contributed by atoms with Gasteiger partial charge in [-0.1, -0.05) is 25.0 Å². The van der Waals surface area contributed by atoms with E-state index in [9.17, 15) is 20.0 Å². The molecule has 0 unspecified atom stereocenters. The van der Waals surface area contributed by atoms with E-state index in [1.54, 1.807) is 12.1 Å². The molecule has 0 spiro atoms. The first-order valence-electron chi connectivity index (χ1n) is 6.95. The number of nitro groups is 1. The van der Waals surface area contributed by atoms with Crippen LogP contribution in [0.3, 0.4) is 0 Å². The van der Waals surface area contributed by atoms with E-state index in [4.69, 9.17) is 0 Å². The second-order valence-electron chi connectivity index (χ2n) is 5.32. The number of nitrogens with zero attached hydrogens (tertiary/aromatic N) is 1. The lowest BCUT2D eigenvalue weighted by Crippen LogP contribution is -2.49. The summed E-state index contributed by atoms with van der Waals surface area (Å²) in [6.45, 7) is 0.0123. The van der Waals surface area contributed by atoms with E-state index in [1.165, 1.54) is 12.1 Å². The Kier molecular flexibility index (Phi) is 4.87. The van der Waals surface area contributed by atoms with Crippen molar-refractivity contribution < 1.29 is 14.8 Å². The minimum absolute atomic E-state index is 0.00817. The normalized spacial score (nSPS) is 16.6. The van der Waals surface area contributed by atoms with E-state index in [0.717, 1.165) is 25.7 Å². The number of amides is 1. The van der Waals surface area contributed by atoms with Crippen LogP contribution in [0.5, 0.6) is 0 Å². The first-order valence-corrected chi connectivity index (χ1v) is 6.95. The molecule has 21 heavy (non-hydrogen) atoms. The van der Waals surface area contributed by atoms with E-state index in [0.29, 0.717) is 0 Å². The molecule has 0 bridgehead atoms. The Morgan fingerprint density at radius 2 is 2.00 bits per heavy atom. The molecular weight excluding hydrogens is 274 g/mol. The van der Waals surface area contributed by atoms with Gasteiger partial charge in [-0.25, -0.2) is 0 Å². The number of nitrogens with one attached hydrogen (secondary N) is 2. The summed E-state index contributed by atoms with van der Waals surface area (Å²) in [5.41, 5.74) is -0.345. The molecule has 0 aromatic heterocycles.